The van der Waals surface area contributed by atoms with E-state index in [1.165, 1.54) is 11.4 Å². The lowest BCUT2D eigenvalue weighted by molar-refractivity contribution is -0.141. The Morgan fingerprint density at radius 3 is 2.10 bits per heavy atom. The van der Waals surface area contributed by atoms with E-state index in [0.29, 0.717) is 24.4 Å². The molecule has 0 fully saturated rings. The summed E-state index contributed by atoms with van der Waals surface area (Å²) in [5.74, 6) is 0.0221. The molecule has 1 N–H and O–H groups in total. The van der Waals surface area contributed by atoms with E-state index in [4.69, 9.17) is 4.74 Å². The number of amides is 2. The van der Waals surface area contributed by atoms with Gasteiger partial charge in [-0.2, -0.15) is 0 Å². The molecule has 0 saturated heterocycles. The third-order valence-electron chi connectivity index (χ3n) is 6.80. The third-order valence-corrected chi connectivity index (χ3v) is 7.98. The van der Waals surface area contributed by atoms with Crippen LogP contribution in [0.3, 0.4) is 0 Å². The molecule has 3 rings (SSSR count). The molecule has 0 radical (unpaired) electrons. The molecule has 0 aliphatic heterocycles. The fraction of sp³-hybridized carbons (Fsp3) is 0.375. The molecule has 0 heterocycles. The van der Waals surface area contributed by atoms with Crippen molar-refractivity contribution in [3.05, 3.63) is 96.1 Å². The van der Waals surface area contributed by atoms with Crippen molar-refractivity contribution >= 4 is 27.5 Å². The predicted octanol–water partition coefficient (Wildman–Crippen LogP) is 4.80. The fourth-order valence-corrected chi connectivity index (χ4v) is 5.63. The zero-order chi connectivity index (χ0) is 29.7. The van der Waals surface area contributed by atoms with E-state index < -0.39 is 16.1 Å². The third kappa shape index (κ3) is 9.63. The van der Waals surface area contributed by atoms with E-state index in [1.54, 1.807) is 29.2 Å². The number of unbranched alkanes of at least 4 members (excludes halogenated alkanes) is 1. The zero-order valence-corrected chi connectivity index (χ0v) is 25.0. The first-order valence-electron chi connectivity index (χ1n) is 14.0. The van der Waals surface area contributed by atoms with Crippen molar-refractivity contribution in [3.8, 4) is 5.75 Å². The van der Waals surface area contributed by atoms with Crippen LogP contribution in [-0.2, 0) is 32.6 Å². The van der Waals surface area contributed by atoms with Gasteiger partial charge in [0.15, 0.2) is 0 Å². The highest BCUT2D eigenvalue weighted by atomic mass is 32.2. The second-order valence-electron chi connectivity index (χ2n) is 9.97. The molecule has 2 amide bonds. The predicted molar refractivity (Wildman–Crippen MR) is 163 cm³/mol. The van der Waals surface area contributed by atoms with Crippen LogP contribution >= 0.6 is 0 Å². The molecule has 0 bridgehead atoms. The Morgan fingerprint density at radius 1 is 0.878 bits per heavy atom. The summed E-state index contributed by atoms with van der Waals surface area (Å²) in [6.07, 6.45) is 3.64. The van der Waals surface area contributed by atoms with Crippen LogP contribution < -0.4 is 14.4 Å². The van der Waals surface area contributed by atoms with Gasteiger partial charge in [-0.15, -0.1) is 0 Å². The number of nitrogens with one attached hydrogen (secondary N) is 1. The first kappa shape index (κ1) is 31.7. The summed E-state index contributed by atoms with van der Waals surface area (Å²) in [6, 6.07) is 25.4. The summed E-state index contributed by atoms with van der Waals surface area (Å²) in [5.41, 5.74) is 2.28. The molecule has 3 aromatic carbocycles. The van der Waals surface area contributed by atoms with E-state index >= 15 is 0 Å². The number of carbonyl (C=O) groups is 2. The molecule has 41 heavy (non-hydrogen) atoms. The number of hydrogen-bond donors (Lipinski definition) is 1. The molecule has 3 aromatic rings. The topological polar surface area (TPSA) is 96.0 Å². The van der Waals surface area contributed by atoms with Gasteiger partial charge >= 0.3 is 0 Å². The van der Waals surface area contributed by atoms with Crippen LogP contribution in [0.4, 0.5) is 5.69 Å². The van der Waals surface area contributed by atoms with Crippen LogP contribution in [0, 0.1) is 0 Å². The molecular formula is C32H41N3O5S. The quantitative estimate of drug-likeness (QED) is 0.246. The molecular weight excluding hydrogens is 538 g/mol. The first-order chi connectivity index (χ1) is 19.7. The summed E-state index contributed by atoms with van der Waals surface area (Å²) >= 11 is 0. The van der Waals surface area contributed by atoms with Gasteiger partial charge in [-0.25, -0.2) is 8.42 Å². The van der Waals surface area contributed by atoms with Crippen molar-refractivity contribution in [1.82, 2.24) is 10.2 Å². The summed E-state index contributed by atoms with van der Waals surface area (Å²) in [7, 11) is -2.15. The second-order valence-corrected chi connectivity index (χ2v) is 11.9. The zero-order valence-electron chi connectivity index (χ0n) is 24.2. The fourth-order valence-electron chi connectivity index (χ4n) is 4.66. The maximum atomic E-state index is 13.9. The van der Waals surface area contributed by atoms with Gasteiger partial charge in [-0.05, 0) is 36.1 Å². The Hall–Kier alpha value is -3.85. The molecule has 9 heteroatoms. The summed E-state index contributed by atoms with van der Waals surface area (Å²) in [4.78, 5) is 29.0. The number of hydrogen-bond acceptors (Lipinski definition) is 5. The molecule has 8 nitrogen and oxygen atoms in total. The van der Waals surface area contributed by atoms with Gasteiger partial charge in [-0.1, -0.05) is 86.1 Å². The molecule has 1 atom stereocenters. The average Bonchev–Trinajstić information content (AvgIpc) is 2.97. The molecule has 0 aliphatic rings. The normalized spacial score (nSPS) is 11.9. The minimum Gasteiger partial charge on any atom is -0.495 e. The Bertz CT molecular complexity index is 1350. The highest BCUT2D eigenvalue weighted by Gasteiger charge is 2.30. The highest BCUT2D eigenvalue weighted by Crippen LogP contribution is 2.30. The largest absolute Gasteiger partial charge is 0.495 e. The van der Waals surface area contributed by atoms with E-state index in [0.717, 1.165) is 30.2 Å². The minimum atomic E-state index is -3.64. The minimum absolute atomic E-state index is 0.0710. The molecule has 0 spiro atoms. The smallest absolute Gasteiger partial charge is 0.243 e. The summed E-state index contributed by atoms with van der Waals surface area (Å²) in [6.45, 7) is 2.96. The standard InChI is InChI=1S/C32H41N3O5S/c1-4-5-22-33-32(37)29(24-26-15-8-6-9-16-26)34(25-27-17-10-7-11-18-27)31(36)21-14-23-35(41(3,38)39)28-19-12-13-20-30(28)40-2/h6-13,15-20,29H,4-5,14,21-25H2,1-3H3,(H,33,37)/t29-/m1/s1. The molecule has 220 valence electrons. The number of anilines is 1. The monoisotopic (exact) mass is 579 g/mol. The lowest BCUT2D eigenvalue weighted by Crippen LogP contribution is -2.50. The SMILES string of the molecule is CCCCNC(=O)[C@@H](Cc1ccccc1)N(Cc1ccccc1)C(=O)CCCN(c1ccccc1OC)S(C)(=O)=O. The van der Waals surface area contributed by atoms with Crippen molar-refractivity contribution in [2.45, 2.75) is 51.6 Å². The molecule has 0 aromatic heterocycles. The average molecular weight is 580 g/mol. The number of nitrogens with zero attached hydrogens (tertiary/aromatic N) is 2. The van der Waals surface area contributed by atoms with Crippen molar-refractivity contribution < 1.29 is 22.7 Å². The van der Waals surface area contributed by atoms with Gasteiger partial charge < -0.3 is 15.0 Å². The van der Waals surface area contributed by atoms with Crippen LogP contribution in [-0.4, -0.2) is 57.6 Å². The lowest BCUT2D eigenvalue weighted by atomic mass is 10.0. The molecule has 0 aliphatic carbocycles. The Kier molecular flexibility index (Phi) is 12.2. The van der Waals surface area contributed by atoms with Crippen LogP contribution in [0.25, 0.3) is 0 Å². The number of rotatable bonds is 16. The molecule has 0 saturated carbocycles. The number of methoxy groups -OCH3 is 1. The first-order valence-corrected chi connectivity index (χ1v) is 15.8. The number of carbonyl (C=O) groups excluding carboxylic acids is 2. The number of benzene rings is 3. The maximum absolute atomic E-state index is 13.9. The second kappa shape index (κ2) is 15.8. The van der Waals surface area contributed by atoms with Gasteiger partial charge in [0, 0.05) is 32.5 Å². The van der Waals surface area contributed by atoms with Gasteiger partial charge in [0.05, 0.1) is 19.1 Å². The summed E-state index contributed by atoms with van der Waals surface area (Å²) < 4.78 is 32.0. The van der Waals surface area contributed by atoms with Crippen molar-refractivity contribution in [3.63, 3.8) is 0 Å². The van der Waals surface area contributed by atoms with Gasteiger partial charge in [0.1, 0.15) is 11.8 Å². The number of ether oxygens (including phenoxy) is 1. The lowest BCUT2D eigenvalue weighted by Gasteiger charge is -2.32. The van der Waals surface area contributed by atoms with Gasteiger partial charge in [0.2, 0.25) is 21.8 Å². The van der Waals surface area contributed by atoms with E-state index in [1.807, 2.05) is 60.7 Å². The van der Waals surface area contributed by atoms with Crippen LogP contribution in [0.2, 0.25) is 0 Å². The van der Waals surface area contributed by atoms with Gasteiger partial charge in [0.25, 0.3) is 0 Å². The van der Waals surface area contributed by atoms with Crippen molar-refractivity contribution in [1.29, 1.82) is 0 Å². The van der Waals surface area contributed by atoms with E-state index in [-0.39, 0.29) is 37.7 Å². The van der Waals surface area contributed by atoms with Crippen LogP contribution in [0.5, 0.6) is 5.75 Å². The van der Waals surface area contributed by atoms with Crippen molar-refractivity contribution in [2.24, 2.45) is 0 Å². The number of para-hydroxylation sites is 2. The van der Waals surface area contributed by atoms with Crippen LogP contribution in [0.15, 0.2) is 84.9 Å². The Labute approximate surface area is 244 Å². The van der Waals surface area contributed by atoms with Crippen molar-refractivity contribution in [2.75, 3.05) is 30.8 Å². The van der Waals surface area contributed by atoms with E-state index in [9.17, 15) is 18.0 Å². The Balaban J connectivity index is 1.86. The highest BCUT2D eigenvalue weighted by molar-refractivity contribution is 7.92. The van der Waals surface area contributed by atoms with E-state index in [2.05, 4.69) is 12.2 Å². The number of sulfonamides is 1. The van der Waals surface area contributed by atoms with Crippen LogP contribution in [0.1, 0.15) is 43.7 Å². The van der Waals surface area contributed by atoms with Gasteiger partial charge in [-0.3, -0.25) is 13.9 Å². The molecule has 0 unspecified atom stereocenters. The maximum Gasteiger partial charge on any atom is 0.243 e. The Morgan fingerprint density at radius 2 is 1.49 bits per heavy atom. The summed E-state index contributed by atoms with van der Waals surface area (Å²) in [5, 5.41) is 3.02.